The van der Waals surface area contributed by atoms with Crippen molar-refractivity contribution in [3.05, 3.63) is 42.0 Å². The summed E-state index contributed by atoms with van der Waals surface area (Å²) in [5.41, 5.74) is 1.38. The van der Waals surface area contributed by atoms with Gasteiger partial charge in [0.1, 0.15) is 5.75 Å². The van der Waals surface area contributed by atoms with Gasteiger partial charge in [-0.25, -0.2) is 0 Å². The van der Waals surface area contributed by atoms with Crippen LogP contribution in [-0.4, -0.2) is 5.11 Å². The van der Waals surface area contributed by atoms with Crippen LogP contribution in [0, 0.1) is 5.92 Å². The van der Waals surface area contributed by atoms with Crippen LogP contribution in [0.1, 0.15) is 45.1 Å². The van der Waals surface area contributed by atoms with Crippen molar-refractivity contribution < 1.29 is 5.11 Å². The Morgan fingerprint density at radius 1 is 1.00 bits per heavy atom. The topological polar surface area (TPSA) is 20.2 Å². The normalized spacial score (nSPS) is 13.1. The van der Waals surface area contributed by atoms with Gasteiger partial charge in [0.2, 0.25) is 0 Å². The Morgan fingerprint density at radius 3 is 2.28 bits per heavy atom. The van der Waals surface area contributed by atoms with E-state index in [1.807, 2.05) is 18.2 Å². The molecule has 0 saturated carbocycles. The molecule has 0 fully saturated rings. The Hall–Kier alpha value is -1.50. The monoisotopic (exact) mass is 242 g/mol. The van der Waals surface area contributed by atoms with Gasteiger partial charge in [-0.3, -0.25) is 0 Å². The molecule has 2 aromatic carbocycles. The number of rotatable bonds is 4. The van der Waals surface area contributed by atoms with E-state index in [4.69, 9.17) is 0 Å². The van der Waals surface area contributed by atoms with E-state index in [0.717, 1.165) is 5.39 Å². The molecule has 0 aliphatic heterocycles. The SMILES string of the molecule is CCCC(c1ccc(O)c2ccccc12)C(C)C. The summed E-state index contributed by atoms with van der Waals surface area (Å²) in [6.45, 7) is 6.79. The first-order valence-corrected chi connectivity index (χ1v) is 6.85. The van der Waals surface area contributed by atoms with Crippen molar-refractivity contribution in [2.45, 2.75) is 39.5 Å². The molecule has 0 aromatic heterocycles. The van der Waals surface area contributed by atoms with Gasteiger partial charge in [-0.05, 0) is 35.3 Å². The van der Waals surface area contributed by atoms with Gasteiger partial charge in [0.25, 0.3) is 0 Å². The van der Waals surface area contributed by atoms with Crippen molar-refractivity contribution in [2.75, 3.05) is 0 Å². The number of phenolic OH excluding ortho intramolecular Hbond substituents is 1. The molecule has 0 spiro atoms. The Bertz CT molecular complexity index is 528. The zero-order valence-corrected chi connectivity index (χ0v) is 11.5. The fourth-order valence-electron chi connectivity index (χ4n) is 2.79. The number of aromatic hydroxyl groups is 1. The lowest BCUT2D eigenvalue weighted by Gasteiger charge is -2.22. The van der Waals surface area contributed by atoms with Crippen molar-refractivity contribution in [2.24, 2.45) is 5.92 Å². The van der Waals surface area contributed by atoms with Crippen molar-refractivity contribution in [1.82, 2.24) is 0 Å². The summed E-state index contributed by atoms with van der Waals surface area (Å²) in [5.74, 6) is 1.58. The summed E-state index contributed by atoms with van der Waals surface area (Å²) in [6.07, 6.45) is 2.39. The third-order valence-electron chi connectivity index (χ3n) is 3.74. The van der Waals surface area contributed by atoms with Crippen LogP contribution < -0.4 is 0 Å². The van der Waals surface area contributed by atoms with E-state index in [0.29, 0.717) is 17.6 Å². The quantitative estimate of drug-likeness (QED) is 0.792. The molecular weight excluding hydrogens is 220 g/mol. The van der Waals surface area contributed by atoms with Gasteiger partial charge in [-0.15, -0.1) is 0 Å². The van der Waals surface area contributed by atoms with E-state index in [2.05, 4.69) is 39.0 Å². The van der Waals surface area contributed by atoms with Gasteiger partial charge >= 0.3 is 0 Å². The molecular formula is C17H22O. The molecule has 0 saturated heterocycles. The molecule has 1 nitrogen and oxygen atoms in total. The predicted octanol–water partition coefficient (Wildman–Crippen LogP) is 5.09. The van der Waals surface area contributed by atoms with Crippen LogP contribution in [0.25, 0.3) is 10.8 Å². The van der Waals surface area contributed by atoms with E-state index in [1.165, 1.54) is 23.8 Å². The number of benzene rings is 2. The second kappa shape index (κ2) is 5.43. The van der Waals surface area contributed by atoms with E-state index in [9.17, 15) is 5.11 Å². The average molecular weight is 242 g/mol. The molecule has 0 aliphatic rings. The van der Waals surface area contributed by atoms with Gasteiger partial charge in [-0.1, -0.05) is 57.5 Å². The molecule has 0 aliphatic carbocycles. The van der Waals surface area contributed by atoms with Crippen molar-refractivity contribution >= 4 is 10.8 Å². The van der Waals surface area contributed by atoms with Crippen molar-refractivity contribution in [3.63, 3.8) is 0 Å². The summed E-state index contributed by atoms with van der Waals surface area (Å²) >= 11 is 0. The van der Waals surface area contributed by atoms with E-state index in [1.54, 1.807) is 0 Å². The van der Waals surface area contributed by atoms with Crippen molar-refractivity contribution in [1.29, 1.82) is 0 Å². The number of hydrogen-bond donors (Lipinski definition) is 1. The summed E-state index contributed by atoms with van der Waals surface area (Å²) < 4.78 is 0. The molecule has 2 aromatic rings. The van der Waals surface area contributed by atoms with Crippen LogP contribution >= 0.6 is 0 Å². The highest BCUT2D eigenvalue weighted by Gasteiger charge is 2.18. The Labute approximate surface area is 109 Å². The van der Waals surface area contributed by atoms with Crippen molar-refractivity contribution in [3.8, 4) is 5.75 Å². The zero-order valence-electron chi connectivity index (χ0n) is 11.5. The fourth-order valence-corrected chi connectivity index (χ4v) is 2.79. The minimum absolute atomic E-state index is 0.383. The first kappa shape index (κ1) is 12.9. The molecule has 0 radical (unpaired) electrons. The molecule has 0 heterocycles. The molecule has 0 amide bonds. The second-order valence-corrected chi connectivity index (χ2v) is 5.36. The lowest BCUT2D eigenvalue weighted by Crippen LogP contribution is -2.07. The lowest BCUT2D eigenvalue weighted by molar-refractivity contribution is 0.463. The summed E-state index contributed by atoms with van der Waals surface area (Å²) in [6, 6.07) is 12.1. The highest BCUT2D eigenvalue weighted by atomic mass is 16.3. The van der Waals surface area contributed by atoms with Crippen LogP contribution in [0.5, 0.6) is 5.75 Å². The van der Waals surface area contributed by atoms with E-state index >= 15 is 0 Å². The predicted molar refractivity (Wildman–Crippen MR) is 78.1 cm³/mol. The maximum atomic E-state index is 9.95. The molecule has 18 heavy (non-hydrogen) atoms. The van der Waals surface area contributed by atoms with Crippen LogP contribution in [-0.2, 0) is 0 Å². The zero-order chi connectivity index (χ0) is 13.1. The van der Waals surface area contributed by atoms with Gasteiger partial charge in [0.15, 0.2) is 0 Å². The van der Waals surface area contributed by atoms with Crippen LogP contribution in [0.3, 0.4) is 0 Å². The second-order valence-electron chi connectivity index (χ2n) is 5.36. The van der Waals surface area contributed by atoms with Crippen LogP contribution in [0.2, 0.25) is 0 Å². The minimum Gasteiger partial charge on any atom is -0.507 e. The van der Waals surface area contributed by atoms with Gasteiger partial charge < -0.3 is 5.11 Å². The first-order valence-electron chi connectivity index (χ1n) is 6.85. The maximum Gasteiger partial charge on any atom is 0.123 e. The lowest BCUT2D eigenvalue weighted by atomic mass is 9.82. The Kier molecular flexibility index (Phi) is 3.90. The average Bonchev–Trinajstić information content (AvgIpc) is 2.37. The number of hydrogen-bond acceptors (Lipinski definition) is 1. The molecule has 1 unspecified atom stereocenters. The summed E-state index contributed by atoms with van der Waals surface area (Å²) in [4.78, 5) is 0. The number of fused-ring (bicyclic) bond motifs is 1. The van der Waals surface area contributed by atoms with Gasteiger partial charge in [0.05, 0.1) is 0 Å². The number of phenols is 1. The van der Waals surface area contributed by atoms with Gasteiger partial charge in [-0.2, -0.15) is 0 Å². The minimum atomic E-state index is 0.383. The largest absolute Gasteiger partial charge is 0.507 e. The Morgan fingerprint density at radius 2 is 1.67 bits per heavy atom. The fraction of sp³-hybridized carbons (Fsp3) is 0.412. The third-order valence-corrected chi connectivity index (χ3v) is 3.74. The molecule has 1 N–H and O–H groups in total. The first-order chi connectivity index (χ1) is 8.65. The van der Waals surface area contributed by atoms with Crippen LogP contribution in [0.4, 0.5) is 0 Å². The smallest absolute Gasteiger partial charge is 0.123 e. The summed E-state index contributed by atoms with van der Waals surface area (Å²) in [5, 5.41) is 12.1. The van der Waals surface area contributed by atoms with Gasteiger partial charge in [0, 0.05) is 5.39 Å². The highest BCUT2D eigenvalue weighted by molar-refractivity contribution is 5.91. The Balaban J connectivity index is 2.59. The molecule has 96 valence electrons. The van der Waals surface area contributed by atoms with Crippen LogP contribution in [0.15, 0.2) is 36.4 Å². The molecule has 0 bridgehead atoms. The molecule has 2 rings (SSSR count). The van der Waals surface area contributed by atoms with E-state index in [-0.39, 0.29) is 0 Å². The highest BCUT2D eigenvalue weighted by Crippen LogP contribution is 2.36. The molecule has 1 heteroatoms. The van der Waals surface area contributed by atoms with E-state index < -0.39 is 0 Å². The molecule has 1 atom stereocenters. The standard InChI is InChI=1S/C17H22O/c1-4-7-13(12(2)3)15-10-11-17(18)16-9-6-5-8-14(15)16/h5-6,8-13,18H,4,7H2,1-3H3. The third kappa shape index (κ3) is 2.35. The maximum absolute atomic E-state index is 9.95. The summed E-state index contributed by atoms with van der Waals surface area (Å²) in [7, 11) is 0.